The number of nitrogens with zero attached hydrogens (tertiary/aromatic N) is 4. The third kappa shape index (κ3) is 4.29. The smallest absolute Gasteiger partial charge is 0.247 e. The molecule has 24 heavy (non-hydrogen) atoms. The first-order valence-corrected chi connectivity index (χ1v) is 8.08. The van der Waals surface area contributed by atoms with E-state index in [0.29, 0.717) is 27.4 Å². The highest BCUT2D eigenvalue weighted by Gasteiger charge is 2.08. The summed E-state index contributed by atoms with van der Waals surface area (Å²) in [7, 11) is 0. The quantitative estimate of drug-likeness (QED) is 0.729. The zero-order chi connectivity index (χ0) is 17.1. The molecule has 6 nitrogen and oxygen atoms in total. The molecule has 124 valence electrons. The van der Waals surface area contributed by atoms with Gasteiger partial charge in [-0.15, -0.1) is 0 Å². The molecule has 0 aliphatic heterocycles. The Bertz CT molecular complexity index is 874. The molecule has 0 aliphatic carbocycles. The molecule has 2 heterocycles. The van der Waals surface area contributed by atoms with Crippen molar-refractivity contribution in [2.24, 2.45) is 0 Å². The summed E-state index contributed by atoms with van der Waals surface area (Å²) in [4.78, 5) is 12.0. The van der Waals surface area contributed by atoms with Crippen molar-refractivity contribution in [2.75, 3.05) is 5.32 Å². The molecule has 0 radical (unpaired) electrons. The van der Waals surface area contributed by atoms with Crippen LogP contribution in [-0.4, -0.2) is 25.5 Å². The van der Waals surface area contributed by atoms with Crippen LogP contribution in [0, 0.1) is 0 Å². The van der Waals surface area contributed by atoms with Crippen LogP contribution in [0.1, 0.15) is 5.56 Å². The van der Waals surface area contributed by atoms with Crippen LogP contribution < -0.4 is 5.32 Å². The number of hydrogen-bond acceptors (Lipinski definition) is 3. The van der Waals surface area contributed by atoms with Gasteiger partial charge in [0.25, 0.3) is 0 Å². The zero-order valence-electron chi connectivity index (χ0n) is 12.3. The van der Waals surface area contributed by atoms with Crippen molar-refractivity contribution in [1.82, 2.24) is 19.6 Å². The summed E-state index contributed by atoms with van der Waals surface area (Å²) < 4.78 is 3.12. The third-order valence-electron chi connectivity index (χ3n) is 3.16. The van der Waals surface area contributed by atoms with Crippen molar-refractivity contribution < 1.29 is 4.79 Å². The molecule has 0 atom stereocenters. The monoisotopic (exact) mass is 383 g/mol. The lowest BCUT2D eigenvalue weighted by atomic mass is 10.2. The molecule has 1 amide bonds. The highest BCUT2D eigenvalue weighted by Crippen LogP contribution is 2.21. The first-order chi connectivity index (χ1) is 11.5. The topological polar surface area (TPSA) is 64.7 Å². The van der Waals surface area contributed by atoms with Crippen molar-refractivity contribution >= 4 is 46.5 Å². The molecule has 3 aromatic rings. The van der Waals surface area contributed by atoms with Gasteiger partial charge >= 0.3 is 0 Å². The summed E-state index contributed by atoms with van der Waals surface area (Å²) in [6.07, 6.45) is 4.80. The number of rotatable bonds is 5. The Morgan fingerprint density at radius 2 is 1.96 bits per heavy atom. The van der Waals surface area contributed by atoms with E-state index in [0.717, 1.165) is 5.56 Å². The number of carbonyl (C=O) groups is 1. The summed E-state index contributed by atoms with van der Waals surface area (Å²) in [5.74, 6) is 0.202. The number of nitrogens with one attached hydrogen (secondary N) is 1. The molecule has 0 fully saturated rings. The highest BCUT2D eigenvalue weighted by atomic mass is 35.5. The van der Waals surface area contributed by atoms with Crippen molar-refractivity contribution in [3.63, 3.8) is 0 Å². The number of carbonyl (C=O) groups excluding carboxylic acids is 1. The van der Waals surface area contributed by atoms with Gasteiger partial charge in [0.05, 0.1) is 17.8 Å². The normalized spacial score (nSPS) is 10.8. The number of aromatic nitrogens is 4. The Morgan fingerprint density at radius 1 is 1.12 bits per heavy atom. The molecule has 2 aromatic heterocycles. The van der Waals surface area contributed by atoms with E-state index in [1.807, 2.05) is 6.07 Å². The summed E-state index contributed by atoms with van der Waals surface area (Å²) in [5, 5.41) is 12.6. The number of amides is 1. The van der Waals surface area contributed by atoms with Gasteiger partial charge in [-0.25, -0.2) is 0 Å². The van der Waals surface area contributed by atoms with Crippen molar-refractivity contribution in [1.29, 1.82) is 0 Å². The Labute approximate surface area is 152 Å². The van der Waals surface area contributed by atoms with Gasteiger partial charge < -0.3 is 5.32 Å². The van der Waals surface area contributed by atoms with Gasteiger partial charge in [0.1, 0.15) is 6.54 Å². The molecule has 0 unspecified atom stereocenters. The summed E-state index contributed by atoms with van der Waals surface area (Å²) in [6, 6.07) is 6.99. The van der Waals surface area contributed by atoms with Crippen LogP contribution in [0.5, 0.6) is 0 Å². The van der Waals surface area contributed by atoms with Gasteiger partial charge in [0, 0.05) is 28.5 Å². The van der Waals surface area contributed by atoms with E-state index in [1.165, 1.54) is 10.9 Å². The van der Waals surface area contributed by atoms with Crippen LogP contribution in [0.25, 0.3) is 0 Å². The molecule has 0 saturated heterocycles. The van der Waals surface area contributed by atoms with E-state index in [9.17, 15) is 4.79 Å². The van der Waals surface area contributed by atoms with Gasteiger partial charge in [0.2, 0.25) is 5.91 Å². The maximum atomic E-state index is 12.0. The van der Waals surface area contributed by atoms with Crippen molar-refractivity contribution in [3.8, 4) is 0 Å². The van der Waals surface area contributed by atoms with Gasteiger partial charge in [-0.2, -0.15) is 10.2 Å². The second-order valence-electron chi connectivity index (χ2n) is 5.04. The largest absolute Gasteiger partial charge is 0.308 e. The van der Waals surface area contributed by atoms with Crippen LogP contribution in [-0.2, 0) is 17.9 Å². The molecule has 0 spiro atoms. The lowest BCUT2D eigenvalue weighted by molar-refractivity contribution is -0.116. The summed E-state index contributed by atoms with van der Waals surface area (Å²) in [6.45, 7) is 0.531. The van der Waals surface area contributed by atoms with Gasteiger partial charge in [0.15, 0.2) is 5.82 Å². The summed E-state index contributed by atoms with van der Waals surface area (Å²) >= 11 is 17.8. The minimum absolute atomic E-state index is 0.0581. The third-order valence-corrected chi connectivity index (χ3v) is 3.95. The van der Waals surface area contributed by atoms with Gasteiger partial charge in [-0.05, 0) is 17.7 Å². The average Bonchev–Trinajstić information content (AvgIpc) is 3.11. The Morgan fingerprint density at radius 3 is 2.67 bits per heavy atom. The second-order valence-corrected chi connectivity index (χ2v) is 6.32. The van der Waals surface area contributed by atoms with Gasteiger partial charge in [-0.3, -0.25) is 14.2 Å². The fourth-order valence-electron chi connectivity index (χ4n) is 2.10. The number of anilines is 1. The van der Waals surface area contributed by atoms with Crippen molar-refractivity contribution in [3.05, 3.63) is 63.5 Å². The molecule has 0 bridgehead atoms. The maximum absolute atomic E-state index is 12.0. The van der Waals surface area contributed by atoms with E-state index in [-0.39, 0.29) is 12.5 Å². The standard InChI is InChI=1S/C15H12Cl3N5O/c16-11-2-1-10(13(18)5-11)7-22-4-3-14(21-22)20-15(24)9-23-8-12(17)6-19-23/h1-6,8H,7,9H2,(H,20,21,24). The molecule has 0 saturated carbocycles. The maximum Gasteiger partial charge on any atom is 0.247 e. The van der Waals surface area contributed by atoms with E-state index in [2.05, 4.69) is 15.5 Å². The van der Waals surface area contributed by atoms with E-state index in [1.54, 1.807) is 35.3 Å². The van der Waals surface area contributed by atoms with Crippen LogP contribution in [0.3, 0.4) is 0 Å². The molecule has 3 rings (SSSR count). The zero-order valence-corrected chi connectivity index (χ0v) is 14.6. The Kier molecular flexibility index (Phi) is 5.08. The molecular formula is C15H12Cl3N5O. The van der Waals surface area contributed by atoms with Gasteiger partial charge in [-0.1, -0.05) is 40.9 Å². The minimum atomic E-state index is -0.246. The highest BCUT2D eigenvalue weighted by molar-refractivity contribution is 6.35. The Balaban J connectivity index is 1.61. The molecule has 1 aromatic carbocycles. The SMILES string of the molecule is O=C(Cn1cc(Cl)cn1)Nc1ccn(Cc2ccc(Cl)cc2Cl)n1. The fourth-order valence-corrected chi connectivity index (χ4v) is 2.72. The molecular weight excluding hydrogens is 373 g/mol. The van der Waals surface area contributed by atoms with Crippen LogP contribution in [0.15, 0.2) is 42.9 Å². The molecule has 9 heteroatoms. The van der Waals surface area contributed by atoms with Crippen LogP contribution in [0.4, 0.5) is 5.82 Å². The minimum Gasteiger partial charge on any atom is -0.308 e. The lowest BCUT2D eigenvalue weighted by Gasteiger charge is -2.05. The molecule has 1 N–H and O–H groups in total. The average molecular weight is 385 g/mol. The number of hydrogen-bond donors (Lipinski definition) is 1. The Hall–Kier alpha value is -2.02. The second kappa shape index (κ2) is 7.25. The van der Waals surface area contributed by atoms with Crippen LogP contribution in [0.2, 0.25) is 15.1 Å². The van der Waals surface area contributed by atoms with E-state index in [4.69, 9.17) is 34.8 Å². The fraction of sp³-hybridized carbons (Fsp3) is 0.133. The predicted octanol–water partition coefficient (Wildman–Crippen LogP) is 3.73. The number of benzene rings is 1. The van der Waals surface area contributed by atoms with E-state index < -0.39 is 0 Å². The lowest BCUT2D eigenvalue weighted by Crippen LogP contribution is -2.19. The molecule has 0 aliphatic rings. The van der Waals surface area contributed by atoms with Crippen molar-refractivity contribution in [2.45, 2.75) is 13.1 Å². The van der Waals surface area contributed by atoms with Crippen LogP contribution >= 0.6 is 34.8 Å². The summed E-state index contributed by atoms with van der Waals surface area (Å²) in [5.41, 5.74) is 0.883. The first kappa shape index (κ1) is 16.8. The first-order valence-electron chi connectivity index (χ1n) is 6.95. The predicted molar refractivity (Wildman–Crippen MR) is 93.7 cm³/mol. The number of halogens is 3. The van der Waals surface area contributed by atoms with E-state index >= 15 is 0 Å².